The van der Waals surface area contributed by atoms with Crippen molar-refractivity contribution < 1.29 is 10.0 Å². The highest BCUT2D eigenvalue weighted by Gasteiger charge is 2.15. The van der Waals surface area contributed by atoms with Crippen LogP contribution in [-0.2, 0) is 0 Å². The molecule has 7 heteroatoms. The second-order valence-corrected chi connectivity index (χ2v) is 5.21. The third-order valence-corrected chi connectivity index (χ3v) is 3.99. The maximum Gasteiger partial charge on any atom is 0.488 e. The number of halogens is 1. The van der Waals surface area contributed by atoms with Gasteiger partial charge in [0.2, 0.25) is 0 Å². The van der Waals surface area contributed by atoms with Gasteiger partial charge in [-0.25, -0.2) is 9.97 Å². The largest absolute Gasteiger partial charge is 0.488 e. The first-order valence-electron chi connectivity index (χ1n) is 5.51. The smallest absolute Gasteiger partial charge is 0.423 e. The molecule has 0 fully saturated rings. The molecule has 2 heterocycles. The lowest BCUT2D eigenvalue weighted by molar-refractivity contribution is 0.426. The third-order valence-electron chi connectivity index (χ3n) is 2.82. The number of aromatic nitrogens is 2. The van der Waals surface area contributed by atoms with Crippen molar-refractivity contribution in [1.29, 1.82) is 0 Å². The third kappa shape index (κ3) is 2.23. The monoisotopic (exact) mass is 290 g/mol. The minimum atomic E-state index is -1.49. The molecular formula is C12H8BClN2O2S. The Hall–Kier alpha value is -1.47. The molecule has 0 aliphatic rings. The highest BCUT2D eigenvalue weighted by atomic mass is 35.5. The van der Waals surface area contributed by atoms with Crippen molar-refractivity contribution in [2.24, 2.45) is 0 Å². The fourth-order valence-electron chi connectivity index (χ4n) is 1.92. The highest BCUT2D eigenvalue weighted by Crippen LogP contribution is 2.35. The Kier molecular flexibility index (Phi) is 3.24. The minimum Gasteiger partial charge on any atom is -0.423 e. The Labute approximate surface area is 118 Å². The van der Waals surface area contributed by atoms with Crippen molar-refractivity contribution in [1.82, 2.24) is 9.97 Å². The molecule has 0 unspecified atom stereocenters. The summed E-state index contributed by atoms with van der Waals surface area (Å²) in [4.78, 5) is 8.97. The fourth-order valence-corrected chi connectivity index (χ4v) is 3.12. The van der Waals surface area contributed by atoms with Gasteiger partial charge >= 0.3 is 7.12 Å². The van der Waals surface area contributed by atoms with Crippen LogP contribution in [0.1, 0.15) is 0 Å². The zero-order chi connectivity index (χ0) is 13.4. The van der Waals surface area contributed by atoms with Gasteiger partial charge in [-0.15, -0.1) is 11.3 Å². The Morgan fingerprint density at radius 1 is 1.21 bits per heavy atom. The van der Waals surface area contributed by atoms with Crippen LogP contribution >= 0.6 is 22.9 Å². The number of rotatable bonds is 2. The Morgan fingerprint density at radius 2 is 2.05 bits per heavy atom. The summed E-state index contributed by atoms with van der Waals surface area (Å²) in [5.74, 6) is 0. The van der Waals surface area contributed by atoms with E-state index in [9.17, 15) is 10.0 Å². The Bertz CT molecular complexity index is 747. The maximum atomic E-state index is 9.22. The van der Waals surface area contributed by atoms with Crippen LogP contribution in [0.15, 0.2) is 36.0 Å². The summed E-state index contributed by atoms with van der Waals surface area (Å²) in [5, 5.41) is 21.6. The molecular weight excluding hydrogens is 282 g/mol. The summed E-state index contributed by atoms with van der Waals surface area (Å²) >= 11 is 7.59. The van der Waals surface area contributed by atoms with Gasteiger partial charge < -0.3 is 10.0 Å². The van der Waals surface area contributed by atoms with Crippen LogP contribution < -0.4 is 5.46 Å². The van der Waals surface area contributed by atoms with Gasteiger partial charge in [-0.2, -0.15) is 0 Å². The van der Waals surface area contributed by atoms with Gasteiger partial charge in [0, 0.05) is 10.9 Å². The van der Waals surface area contributed by atoms with Crippen LogP contribution in [0, 0.1) is 0 Å². The van der Waals surface area contributed by atoms with E-state index in [4.69, 9.17) is 11.6 Å². The van der Waals surface area contributed by atoms with E-state index in [-0.39, 0.29) is 0 Å². The van der Waals surface area contributed by atoms with Crippen LogP contribution in [0.4, 0.5) is 0 Å². The van der Waals surface area contributed by atoms with Crippen LogP contribution in [0.2, 0.25) is 5.15 Å². The van der Waals surface area contributed by atoms with E-state index in [1.54, 1.807) is 18.2 Å². The molecule has 0 saturated heterocycles. The van der Waals surface area contributed by atoms with Crippen molar-refractivity contribution in [3.63, 3.8) is 0 Å². The zero-order valence-corrected chi connectivity index (χ0v) is 11.2. The van der Waals surface area contributed by atoms with Gasteiger partial charge in [0.15, 0.2) is 0 Å². The first kappa shape index (κ1) is 12.6. The first-order chi connectivity index (χ1) is 9.16. The van der Waals surface area contributed by atoms with Crippen LogP contribution in [-0.4, -0.2) is 27.1 Å². The number of fused-ring (bicyclic) bond motifs is 1. The van der Waals surface area contributed by atoms with Gasteiger partial charge in [0.05, 0.1) is 5.39 Å². The summed E-state index contributed by atoms with van der Waals surface area (Å²) < 4.78 is 0. The molecule has 19 heavy (non-hydrogen) atoms. The van der Waals surface area contributed by atoms with Crippen molar-refractivity contribution in [3.05, 3.63) is 41.1 Å². The Morgan fingerprint density at radius 3 is 2.84 bits per heavy atom. The van der Waals surface area contributed by atoms with E-state index in [1.807, 2.05) is 11.4 Å². The lowest BCUT2D eigenvalue weighted by Crippen LogP contribution is -2.29. The fraction of sp³-hybridized carbons (Fsp3) is 0. The molecule has 3 rings (SSSR count). The average Bonchev–Trinajstić information content (AvgIpc) is 2.84. The van der Waals surface area contributed by atoms with Gasteiger partial charge in [-0.1, -0.05) is 35.9 Å². The molecule has 0 spiro atoms. The first-order valence-corrected chi connectivity index (χ1v) is 6.77. The average molecular weight is 291 g/mol. The molecule has 0 saturated carbocycles. The van der Waals surface area contributed by atoms with Crippen molar-refractivity contribution >= 4 is 45.7 Å². The molecule has 0 bridgehead atoms. The van der Waals surface area contributed by atoms with Gasteiger partial charge in [0.25, 0.3) is 0 Å². The standard InChI is InChI=1S/C12H8BClN2O2S/c14-11-10-9(5-19-12(10)16-6-15-11)7-2-1-3-8(4-7)13(17)18/h1-6,17-18H. The predicted octanol–water partition coefficient (Wildman–Crippen LogP) is 1.69. The van der Waals surface area contributed by atoms with Gasteiger partial charge in [0.1, 0.15) is 16.3 Å². The molecule has 2 N–H and O–H groups in total. The van der Waals surface area contributed by atoms with E-state index in [2.05, 4.69) is 9.97 Å². The van der Waals surface area contributed by atoms with E-state index in [0.29, 0.717) is 10.6 Å². The van der Waals surface area contributed by atoms with Gasteiger partial charge in [-0.3, -0.25) is 0 Å². The van der Waals surface area contributed by atoms with Crippen LogP contribution in [0.25, 0.3) is 21.3 Å². The van der Waals surface area contributed by atoms with Crippen LogP contribution in [0.5, 0.6) is 0 Å². The summed E-state index contributed by atoms with van der Waals surface area (Å²) in [6.07, 6.45) is 1.43. The minimum absolute atomic E-state index is 0.399. The Balaban J connectivity index is 2.22. The predicted molar refractivity (Wildman–Crippen MR) is 77.7 cm³/mol. The normalized spacial score (nSPS) is 10.9. The van der Waals surface area contributed by atoms with Crippen molar-refractivity contribution in [3.8, 4) is 11.1 Å². The van der Waals surface area contributed by atoms with E-state index in [0.717, 1.165) is 21.3 Å². The maximum absolute atomic E-state index is 9.22. The number of nitrogens with zero attached hydrogens (tertiary/aromatic N) is 2. The quantitative estimate of drug-likeness (QED) is 0.557. The van der Waals surface area contributed by atoms with E-state index >= 15 is 0 Å². The number of hydrogen-bond acceptors (Lipinski definition) is 5. The summed E-state index contributed by atoms with van der Waals surface area (Å²) in [6.45, 7) is 0. The second-order valence-electron chi connectivity index (χ2n) is 3.99. The molecule has 1 aromatic carbocycles. The van der Waals surface area contributed by atoms with Crippen molar-refractivity contribution in [2.75, 3.05) is 0 Å². The van der Waals surface area contributed by atoms with E-state index in [1.165, 1.54) is 17.7 Å². The molecule has 0 atom stereocenters. The molecule has 0 aliphatic carbocycles. The molecule has 0 amide bonds. The second kappa shape index (κ2) is 4.90. The zero-order valence-electron chi connectivity index (χ0n) is 9.62. The van der Waals surface area contributed by atoms with Gasteiger partial charge in [-0.05, 0) is 11.0 Å². The highest BCUT2D eigenvalue weighted by molar-refractivity contribution is 7.17. The summed E-state index contributed by atoms with van der Waals surface area (Å²) in [5.41, 5.74) is 2.19. The molecule has 2 aromatic heterocycles. The lowest BCUT2D eigenvalue weighted by Gasteiger charge is -2.04. The molecule has 4 nitrogen and oxygen atoms in total. The summed E-state index contributed by atoms with van der Waals surface area (Å²) in [6, 6.07) is 7.03. The number of benzene rings is 1. The van der Waals surface area contributed by atoms with Crippen LogP contribution in [0.3, 0.4) is 0 Å². The molecule has 94 valence electrons. The van der Waals surface area contributed by atoms with Crippen molar-refractivity contribution in [2.45, 2.75) is 0 Å². The lowest BCUT2D eigenvalue weighted by atomic mass is 9.79. The molecule has 3 aromatic rings. The topological polar surface area (TPSA) is 66.2 Å². The molecule has 0 aliphatic heterocycles. The summed E-state index contributed by atoms with van der Waals surface area (Å²) in [7, 11) is -1.49. The molecule has 0 radical (unpaired) electrons. The van der Waals surface area contributed by atoms with E-state index < -0.39 is 7.12 Å². The SMILES string of the molecule is OB(O)c1cccc(-c2csc3ncnc(Cl)c23)c1. The number of hydrogen-bond donors (Lipinski definition) is 2. The number of thiophene rings is 1.